The molecule has 0 radical (unpaired) electrons. The van der Waals surface area contributed by atoms with E-state index in [1.807, 2.05) is 197 Å². The van der Waals surface area contributed by atoms with Gasteiger partial charge in [-0.05, 0) is 173 Å². The minimum absolute atomic E-state index is 0. The van der Waals surface area contributed by atoms with Gasteiger partial charge in [-0.2, -0.15) is 0 Å². The van der Waals surface area contributed by atoms with Crippen LogP contribution in [0.25, 0.3) is 11.4 Å². The average Bonchev–Trinajstić information content (AvgIpc) is 1.56. The molecule has 0 aromatic heterocycles. The van der Waals surface area contributed by atoms with Gasteiger partial charge in [0.1, 0.15) is 22.6 Å². The SMILES string of the molecule is COc1ccc(N2C(c3ccc(C)cc3)=C(C(=O)c3ccc([N+](=O)[O-])cc3)[C@@H](c3ccc(C)cc3)[C@@]2(C)C(=O)Nc2cccc(Cl)c2)cc1.COc1ccc(N2C(c3ccc(C)cc3)=C(C(=O)c3ccc([N+](=O)[O-])cc3)[C@@H](c3ccc(C)cc3)[C@@]2(C)C(=O)Nc2cccc(Cl)c2)cc1.O. The number of nitrogens with zero attached hydrogens (tertiary/aromatic N) is 4. The number of carbonyl (C=O) groups excluding carboxylic acids is 4. The van der Waals surface area contributed by atoms with E-state index in [-0.39, 0.29) is 51.4 Å². The summed E-state index contributed by atoms with van der Waals surface area (Å²) in [6.45, 7) is 11.6. The Morgan fingerprint density at radius 1 is 0.434 bits per heavy atom. The summed E-state index contributed by atoms with van der Waals surface area (Å²) in [5, 5.41) is 30.1. The number of carbonyl (C=O) groups is 4. The van der Waals surface area contributed by atoms with Crippen molar-refractivity contribution < 1.29 is 44.0 Å². The maximum Gasteiger partial charge on any atom is 0.269 e. The second-order valence-electron chi connectivity index (χ2n) is 24.5. The summed E-state index contributed by atoms with van der Waals surface area (Å²) >= 11 is 12.7. The number of amides is 2. The standard InChI is InChI=1S/2C40H34ClN3O5.H2O/c2*1-25-8-12-27(13-9-25)36-35(38(45)29-16-18-33(19-17-29)44(47)48)37(28-14-10-26(2)11-15-28)43(32-20-22-34(49-4)23-21-32)40(36,3)39(46)42-31-7-5-6-30(41)24-31;/h2*5-24,36H,1-4H3,(H,42,46);1H2/t2*36-,40+;/m11./s1. The van der Waals surface area contributed by atoms with Gasteiger partial charge in [-0.15, -0.1) is 0 Å². The number of nitro groups is 2. The molecule has 0 bridgehead atoms. The third-order valence-corrected chi connectivity index (χ3v) is 18.4. The van der Waals surface area contributed by atoms with E-state index in [0.29, 0.717) is 66.8 Å². The lowest BCUT2D eigenvalue weighted by Crippen LogP contribution is -2.55. The molecule has 0 unspecified atom stereocenters. The number of hydrogen-bond acceptors (Lipinski definition) is 12. The van der Waals surface area contributed by atoms with Crippen molar-refractivity contribution in [2.45, 2.75) is 64.5 Å². The number of Topliss-reactive ketones (excluding diaryl/α,β-unsaturated/α-hetero) is 2. The van der Waals surface area contributed by atoms with E-state index in [1.54, 1.807) is 62.8 Å². The smallest absolute Gasteiger partial charge is 0.269 e. The van der Waals surface area contributed by atoms with Gasteiger partial charge in [0.15, 0.2) is 11.6 Å². The maximum absolute atomic E-state index is 15.0. The van der Waals surface area contributed by atoms with Crippen molar-refractivity contribution in [2.75, 3.05) is 34.7 Å². The van der Waals surface area contributed by atoms with Gasteiger partial charge in [0.05, 0.1) is 35.5 Å². The van der Waals surface area contributed by atoms with Crippen LogP contribution in [0, 0.1) is 47.9 Å². The third kappa shape index (κ3) is 14.2. The van der Waals surface area contributed by atoms with Gasteiger partial charge in [-0.1, -0.05) is 155 Å². The number of benzene rings is 10. The molecular weight excluding hydrogens is 1290 g/mol. The molecule has 10 aromatic carbocycles. The topological polar surface area (TPSA) is 235 Å². The Kier molecular flexibility index (Phi) is 20.9. The molecule has 2 aliphatic rings. The molecule has 0 spiro atoms. The number of anilines is 4. The van der Waals surface area contributed by atoms with Crippen molar-refractivity contribution in [3.05, 3.63) is 340 Å². The molecule has 4 atom stereocenters. The molecule has 500 valence electrons. The quantitative estimate of drug-likeness (QED) is 0.0464. The van der Waals surface area contributed by atoms with Crippen molar-refractivity contribution in [2.24, 2.45) is 0 Å². The summed E-state index contributed by atoms with van der Waals surface area (Å²) in [6.07, 6.45) is 0. The first-order valence-corrected chi connectivity index (χ1v) is 32.1. The summed E-state index contributed by atoms with van der Waals surface area (Å²) in [6, 6.07) is 70.9. The van der Waals surface area contributed by atoms with Crippen molar-refractivity contribution in [1.82, 2.24) is 0 Å². The van der Waals surface area contributed by atoms with Crippen LogP contribution in [-0.2, 0) is 9.59 Å². The van der Waals surface area contributed by atoms with Crippen molar-refractivity contribution in [3.8, 4) is 11.5 Å². The van der Waals surface area contributed by atoms with E-state index >= 15 is 9.59 Å². The second kappa shape index (κ2) is 29.5. The summed E-state index contributed by atoms with van der Waals surface area (Å²) in [7, 11) is 3.17. The zero-order valence-corrected chi connectivity index (χ0v) is 56.9. The monoisotopic (exact) mass is 1360 g/mol. The molecule has 19 heteroatoms. The molecule has 0 aliphatic carbocycles. The minimum Gasteiger partial charge on any atom is -0.497 e. The Labute approximate surface area is 583 Å². The van der Waals surface area contributed by atoms with Crippen LogP contribution in [0.3, 0.4) is 0 Å². The molecule has 12 rings (SSSR count). The fraction of sp³-hybridized carbons (Fsp3) is 0.150. The molecule has 2 amide bonds. The van der Waals surface area contributed by atoms with Gasteiger partial charge in [0.25, 0.3) is 23.2 Å². The van der Waals surface area contributed by atoms with Gasteiger partial charge in [-0.3, -0.25) is 39.4 Å². The summed E-state index contributed by atoms with van der Waals surface area (Å²) < 4.78 is 10.9. The number of nitro benzene ring substituents is 2. The van der Waals surface area contributed by atoms with Crippen molar-refractivity contribution in [1.29, 1.82) is 0 Å². The largest absolute Gasteiger partial charge is 0.497 e. The zero-order chi connectivity index (χ0) is 69.7. The van der Waals surface area contributed by atoms with Crippen LogP contribution >= 0.6 is 23.2 Å². The molecule has 4 N–H and O–H groups in total. The Balaban J connectivity index is 0.000000212. The number of nitrogens with one attached hydrogen (secondary N) is 2. The Morgan fingerprint density at radius 3 is 1.02 bits per heavy atom. The number of aryl methyl sites for hydroxylation is 4. The average molecular weight is 1360 g/mol. The predicted octanol–water partition coefficient (Wildman–Crippen LogP) is 17.5. The lowest BCUT2D eigenvalue weighted by atomic mass is 9.74. The van der Waals surface area contributed by atoms with Gasteiger partial charge in [0.2, 0.25) is 0 Å². The minimum atomic E-state index is -1.43. The number of non-ortho nitro benzene ring substituents is 2. The van der Waals surface area contributed by atoms with Crippen LogP contribution in [-0.4, -0.2) is 64.0 Å². The number of ketones is 2. The van der Waals surface area contributed by atoms with E-state index in [9.17, 15) is 29.8 Å². The number of ether oxygens (including phenoxy) is 2. The van der Waals surface area contributed by atoms with Crippen LogP contribution in [0.4, 0.5) is 34.1 Å². The van der Waals surface area contributed by atoms with Crippen LogP contribution in [0.5, 0.6) is 11.5 Å². The predicted molar refractivity (Wildman–Crippen MR) is 390 cm³/mol. The van der Waals surface area contributed by atoms with E-state index < -0.39 is 32.8 Å². The van der Waals surface area contributed by atoms with E-state index in [0.717, 1.165) is 44.5 Å². The van der Waals surface area contributed by atoms with Crippen LogP contribution < -0.4 is 29.9 Å². The summed E-state index contributed by atoms with van der Waals surface area (Å²) in [5.41, 5.74) is 8.60. The molecule has 2 aliphatic heterocycles. The van der Waals surface area contributed by atoms with Crippen molar-refractivity contribution >= 4 is 92.1 Å². The van der Waals surface area contributed by atoms with Crippen LogP contribution in [0.1, 0.15) is 90.9 Å². The van der Waals surface area contributed by atoms with E-state index in [2.05, 4.69) is 10.6 Å². The maximum atomic E-state index is 15.0. The lowest BCUT2D eigenvalue weighted by molar-refractivity contribution is -0.385. The Bertz CT molecular complexity index is 4460. The molecular formula is C80H70Cl2N6O11. The number of halogens is 2. The first-order valence-electron chi connectivity index (χ1n) is 31.4. The highest BCUT2D eigenvalue weighted by atomic mass is 35.5. The number of methoxy groups -OCH3 is 2. The normalized spacial score (nSPS) is 17.0. The Morgan fingerprint density at radius 2 is 0.737 bits per heavy atom. The van der Waals surface area contributed by atoms with Gasteiger partial charge in [-0.25, -0.2) is 0 Å². The second-order valence-corrected chi connectivity index (χ2v) is 25.4. The number of hydrogen-bond donors (Lipinski definition) is 2. The highest BCUT2D eigenvalue weighted by Crippen LogP contribution is 2.57. The molecule has 99 heavy (non-hydrogen) atoms. The molecule has 2 heterocycles. The van der Waals surface area contributed by atoms with Gasteiger partial charge < -0.3 is 35.4 Å². The zero-order valence-electron chi connectivity index (χ0n) is 55.4. The Hall–Kier alpha value is -11.5. The number of rotatable bonds is 18. The fourth-order valence-electron chi connectivity index (χ4n) is 12.9. The molecule has 17 nitrogen and oxygen atoms in total. The third-order valence-electron chi connectivity index (χ3n) is 18.0. The highest BCUT2D eigenvalue weighted by Gasteiger charge is 2.59. The van der Waals surface area contributed by atoms with Gasteiger partial charge in [0, 0.05) is 91.2 Å². The summed E-state index contributed by atoms with van der Waals surface area (Å²) in [4.78, 5) is 85.9. The first kappa shape index (κ1) is 70.3. The van der Waals surface area contributed by atoms with E-state index in [4.69, 9.17) is 32.7 Å². The van der Waals surface area contributed by atoms with E-state index in [1.165, 1.54) is 48.5 Å². The molecule has 0 saturated carbocycles. The lowest BCUT2D eigenvalue weighted by Gasteiger charge is -2.41. The van der Waals surface area contributed by atoms with Crippen LogP contribution in [0.2, 0.25) is 10.0 Å². The molecule has 10 aromatic rings. The highest BCUT2D eigenvalue weighted by molar-refractivity contribution is 6.31. The molecule has 0 saturated heterocycles. The molecule has 0 fully saturated rings. The van der Waals surface area contributed by atoms with Crippen LogP contribution in [0.15, 0.2) is 254 Å². The first-order chi connectivity index (χ1) is 47.0. The fourth-order valence-corrected chi connectivity index (χ4v) is 13.3. The summed E-state index contributed by atoms with van der Waals surface area (Å²) in [5.74, 6) is -1.78. The van der Waals surface area contributed by atoms with Gasteiger partial charge >= 0.3 is 0 Å². The van der Waals surface area contributed by atoms with Crippen molar-refractivity contribution in [3.63, 3.8) is 0 Å².